The molecular formula is C17H15N3OS. The summed E-state index contributed by atoms with van der Waals surface area (Å²) in [5.41, 5.74) is 3.09. The standard InChI is InChI=1S/C17H15N3OS/c1-11-12(2)22-17(15(11)10-19)20-16(21)8-7-13-3-5-14(9-18)6-4-13/h3-6H,7-8H2,1-2H3,(H,20,21). The summed E-state index contributed by atoms with van der Waals surface area (Å²) in [5.74, 6) is -0.109. The zero-order valence-corrected chi connectivity index (χ0v) is 13.3. The first kappa shape index (κ1) is 15.8. The second-order valence-corrected chi connectivity index (χ2v) is 6.18. The zero-order valence-electron chi connectivity index (χ0n) is 12.4. The van der Waals surface area contributed by atoms with Gasteiger partial charge >= 0.3 is 0 Å². The second-order valence-electron chi connectivity index (χ2n) is 4.96. The van der Waals surface area contributed by atoms with Gasteiger partial charge < -0.3 is 5.32 Å². The number of benzene rings is 1. The van der Waals surface area contributed by atoms with Crippen LogP contribution in [0.4, 0.5) is 5.00 Å². The number of carbonyl (C=O) groups is 1. The van der Waals surface area contributed by atoms with Gasteiger partial charge in [0.25, 0.3) is 0 Å². The molecule has 0 aliphatic heterocycles. The van der Waals surface area contributed by atoms with Crippen LogP contribution in [-0.4, -0.2) is 5.91 Å². The number of nitrogens with one attached hydrogen (secondary N) is 1. The highest BCUT2D eigenvalue weighted by Gasteiger charge is 2.14. The van der Waals surface area contributed by atoms with Crippen molar-refractivity contribution < 1.29 is 4.79 Å². The lowest BCUT2D eigenvalue weighted by Crippen LogP contribution is -2.12. The fraction of sp³-hybridized carbons (Fsp3) is 0.235. The molecular weight excluding hydrogens is 294 g/mol. The van der Waals surface area contributed by atoms with Gasteiger partial charge in [-0.3, -0.25) is 4.79 Å². The van der Waals surface area contributed by atoms with Gasteiger partial charge in [0.05, 0.1) is 17.2 Å². The Morgan fingerprint density at radius 1 is 1.18 bits per heavy atom. The molecule has 0 saturated carbocycles. The van der Waals surface area contributed by atoms with Crippen molar-refractivity contribution in [2.75, 3.05) is 5.32 Å². The molecule has 0 bridgehead atoms. The van der Waals surface area contributed by atoms with Crippen LogP contribution in [0.15, 0.2) is 24.3 Å². The predicted octanol–water partition coefficient (Wildman–Crippen LogP) is 3.68. The Hall–Kier alpha value is -2.63. The van der Waals surface area contributed by atoms with Crippen molar-refractivity contribution in [2.24, 2.45) is 0 Å². The molecule has 2 aromatic rings. The lowest BCUT2D eigenvalue weighted by atomic mass is 10.1. The van der Waals surface area contributed by atoms with Gasteiger partial charge in [-0.15, -0.1) is 11.3 Å². The van der Waals surface area contributed by atoms with Crippen molar-refractivity contribution in [1.82, 2.24) is 0 Å². The highest BCUT2D eigenvalue weighted by Crippen LogP contribution is 2.31. The molecule has 22 heavy (non-hydrogen) atoms. The van der Waals surface area contributed by atoms with E-state index >= 15 is 0 Å². The van der Waals surface area contributed by atoms with Gasteiger partial charge in [0.1, 0.15) is 11.1 Å². The van der Waals surface area contributed by atoms with E-state index in [-0.39, 0.29) is 5.91 Å². The number of nitrogens with zero attached hydrogens (tertiary/aromatic N) is 2. The van der Waals surface area contributed by atoms with Gasteiger partial charge in [-0.2, -0.15) is 10.5 Å². The number of carbonyl (C=O) groups excluding carboxylic acids is 1. The van der Waals surface area contributed by atoms with E-state index in [0.29, 0.717) is 29.0 Å². The maximum Gasteiger partial charge on any atom is 0.225 e. The van der Waals surface area contributed by atoms with E-state index < -0.39 is 0 Å². The average Bonchev–Trinajstić information content (AvgIpc) is 2.79. The van der Waals surface area contributed by atoms with Gasteiger partial charge in [-0.1, -0.05) is 12.1 Å². The predicted molar refractivity (Wildman–Crippen MR) is 86.6 cm³/mol. The molecule has 110 valence electrons. The summed E-state index contributed by atoms with van der Waals surface area (Å²) in [7, 11) is 0. The third-order valence-corrected chi connectivity index (χ3v) is 4.60. The van der Waals surface area contributed by atoms with Crippen molar-refractivity contribution in [3.8, 4) is 12.1 Å². The minimum Gasteiger partial charge on any atom is -0.317 e. The number of anilines is 1. The number of rotatable bonds is 4. The Morgan fingerprint density at radius 2 is 1.86 bits per heavy atom. The SMILES string of the molecule is Cc1sc(NC(=O)CCc2ccc(C#N)cc2)c(C#N)c1C. The van der Waals surface area contributed by atoms with Crippen LogP contribution >= 0.6 is 11.3 Å². The smallest absolute Gasteiger partial charge is 0.225 e. The summed E-state index contributed by atoms with van der Waals surface area (Å²) >= 11 is 1.43. The molecule has 0 unspecified atom stereocenters. The Kier molecular flexibility index (Phi) is 4.93. The zero-order chi connectivity index (χ0) is 16.1. The molecule has 0 aliphatic carbocycles. The van der Waals surface area contributed by atoms with E-state index in [1.165, 1.54) is 11.3 Å². The summed E-state index contributed by atoms with van der Waals surface area (Å²) in [6.45, 7) is 3.82. The molecule has 1 N–H and O–H groups in total. The van der Waals surface area contributed by atoms with Gasteiger partial charge in [0.2, 0.25) is 5.91 Å². The van der Waals surface area contributed by atoms with Crippen molar-refractivity contribution >= 4 is 22.2 Å². The number of amides is 1. The van der Waals surface area contributed by atoms with Crippen LogP contribution in [0, 0.1) is 36.5 Å². The maximum atomic E-state index is 12.0. The van der Waals surface area contributed by atoms with E-state index in [2.05, 4.69) is 17.5 Å². The van der Waals surface area contributed by atoms with E-state index in [1.807, 2.05) is 26.0 Å². The molecule has 0 aliphatic rings. The Bertz CT molecular complexity index is 776. The third kappa shape index (κ3) is 3.52. The van der Waals surface area contributed by atoms with E-state index in [0.717, 1.165) is 16.0 Å². The van der Waals surface area contributed by atoms with Crippen LogP contribution in [0.25, 0.3) is 0 Å². The minimum absolute atomic E-state index is 0.109. The van der Waals surface area contributed by atoms with E-state index in [4.69, 9.17) is 10.5 Å². The Morgan fingerprint density at radius 3 is 2.45 bits per heavy atom. The van der Waals surface area contributed by atoms with Gasteiger partial charge in [0, 0.05) is 11.3 Å². The average molecular weight is 309 g/mol. The molecule has 1 aromatic carbocycles. The highest BCUT2D eigenvalue weighted by atomic mass is 32.1. The quantitative estimate of drug-likeness (QED) is 0.936. The van der Waals surface area contributed by atoms with Crippen LogP contribution in [0.2, 0.25) is 0 Å². The number of aryl methyl sites for hydroxylation is 2. The molecule has 0 saturated heterocycles. The highest BCUT2D eigenvalue weighted by molar-refractivity contribution is 7.16. The lowest BCUT2D eigenvalue weighted by molar-refractivity contribution is -0.116. The topological polar surface area (TPSA) is 76.7 Å². The summed E-state index contributed by atoms with van der Waals surface area (Å²) in [6, 6.07) is 11.4. The monoisotopic (exact) mass is 309 g/mol. The van der Waals surface area contributed by atoms with E-state index in [1.54, 1.807) is 12.1 Å². The van der Waals surface area contributed by atoms with Crippen LogP contribution in [0.5, 0.6) is 0 Å². The molecule has 2 rings (SSSR count). The van der Waals surface area contributed by atoms with Crippen molar-refractivity contribution in [3.05, 3.63) is 51.4 Å². The van der Waals surface area contributed by atoms with Crippen molar-refractivity contribution in [3.63, 3.8) is 0 Å². The third-order valence-electron chi connectivity index (χ3n) is 3.47. The number of nitriles is 2. The summed E-state index contributed by atoms with van der Waals surface area (Å²) < 4.78 is 0. The maximum absolute atomic E-state index is 12.0. The second kappa shape index (κ2) is 6.89. The molecule has 1 aromatic heterocycles. The molecule has 0 spiro atoms. The van der Waals surface area contributed by atoms with Crippen molar-refractivity contribution in [1.29, 1.82) is 10.5 Å². The van der Waals surface area contributed by atoms with Gasteiger partial charge in [-0.25, -0.2) is 0 Å². The van der Waals surface area contributed by atoms with Crippen LogP contribution in [-0.2, 0) is 11.2 Å². The van der Waals surface area contributed by atoms with Crippen LogP contribution < -0.4 is 5.32 Å². The fourth-order valence-corrected chi connectivity index (χ4v) is 3.07. The number of thiophene rings is 1. The van der Waals surface area contributed by atoms with Crippen LogP contribution in [0.1, 0.15) is 33.6 Å². The van der Waals surface area contributed by atoms with Crippen molar-refractivity contribution in [2.45, 2.75) is 26.7 Å². The number of hydrogen-bond donors (Lipinski definition) is 1. The summed E-state index contributed by atoms with van der Waals surface area (Å²) in [5, 5.41) is 21.4. The van der Waals surface area contributed by atoms with Gasteiger partial charge in [0.15, 0.2) is 0 Å². The minimum atomic E-state index is -0.109. The first-order chi connectivity index (χ1) is 10.5. The van der Waals surface area contributed by atoms with E-state index in [9.17, 15) is 4.79 Å². The first-order valence-electron chi connectivity index (χ1n) is 6.84. The lowest BCUT2D eigenvalue weighted by Gasteiger charge is -2.04. The first-order valence-corrected chi connectivity index (χ1v) is 7.65. The van der Waals surface area contributed by atoms with Gasteiger partial charge in [-0.05, 0) is 43.5 Å². The summed E-state index contributed by atoms with van der Waals surface area (Å²) in [6.07, 6.45) is 0.940. The molecule has 4 nitrogen and oxygen atoms in total. The molecule has 0 radical (unpaired) electrons. The normalized spacial score (nSPS) is 9.82. The Labute approximate surface area is 133 Å². The Balaban J connectivity index is 1.97. The fourth-order valence-electron chi connectivity index (χ4n) is 2.04. The number of hydrogen-bond acceptors (Lipinski definition) is 4. The molecule has 5 heteroatoms. The van der Waals surface area contributed by atoms with Crippen LogP contribution in [0.3, 0.4) is 0 Å². The molecule has 1 amide bonds. The molecule has 0 fully saturated rings. The largest absolute Gasteiger partial charge is 0.317 e. The molecule has 0 atom stereocenters. The molecule has 1 heterocycles. The summed E-state index contributed by atoms with van der Waals surface area (Å²) in [4.78, 5) is 13.1.